The monoisotopic (exact) mass is 237 g/mol. The van der Waals surface area contributed by atoms with E-state index in [0.29, 0.717) is 11.7 Å². The van der Waals surface area contributed by atoms with E-state index in [1.165, 1.54) is 6.33 Å². The van der Waals surface area contributed by atoms with Crippen molar-refractivity contribution in [3.63, 3.8) is 0 Å². The van der Waals surface area contributed by atoms with Gasteiger partial charge in [0.2, 0.25) is 0 Å². The number of nitrogens with zero attached hydrogens (tertiary/aromatic N) is 4. The highest BCUT2D eigenvalue weighted by atomic mass is 35.5. The third-order valence-electron chi connectivity index (χ3n) is 2.23. The van der Waals surface area contributed by atoms with E-state index in [4.69, 9.17) is 11.6 Å². The topological polar surface area (TPSA) is 55.6 Å². The summed E-state index contributed by atoms with van der Waals surface area (Å²) in [6.45, 7) is 2.50. The highest BCUT2D eigenvalue weighted by Crippen LogP contribution is 2.18. The molecule has 0 saturated heterocycles. The quantitative estimate of drug-likeness (QED) is 0.827. The molecule has 16 heavy (non-hydrogen) atoms. The molecule has 2 heterocycles. The molecule has 0 radical (unpaired) electrons. The molecular weight excluding hydrogens is 226 g/mol. The molecule has 2 aromatic heterocycles. The molecule has 1 N–H and O–H groups in total. The molecule has 0 aliphatic heterocycles. The normalized spacial score (nSPS) is 10.4. The van der Waals surface area contributed by atoms with Crippen molar-refractivity contribution in [2.75, 3.05) is 5.32 Å². The van der Waals surface area contributed by atoms with Crippen molar-refractivity contribution < 1.29 is 0 Å². The molecule has 2 rings (SSSR count). The van der Waals surface area contributed by atoms with Crippen molar-refractivity contribution in [2.45, 2.75) is 13.5 Å². The van der Waals surface area contributed by atoms with Gasteiger partial charge >= 0.3 is 0 Å². The summed E-state index contributed by atoms with van der Waals surface area (Å²) in [4.78, 5) is 8.01. The molecule has 0 spiro atoms. The molecule has 0 unspecified atom stereocenters. The van der Waals surface area contributed by atoms with Crippen LogP contribution in [0.3, 0.4) is 0 Å². The molecule has 0 bridgehead atoms. The molecule has 2 aromatic rings. The largest absolute Gasteiger partial charge is 0.364 e. The maximum Gasteiger partial charge on any atom is 0.137 e. The molecule has 0 saturated carbocycles. The number of anilines is 1. The summed E-state index contributed by atoms with van der Waals surface area (Å²) in [5.74, 6) is 0.741. The average molecular weight is 238 g/mol. The Balaban J connectivity index is 2.07. The zero-order valence-electron chi connectivity index (χ0n) is 9.11. The summed E-state index contributed by atoms with van der Waals surface area (Å²) in [6, 6.07) is 1.95. The first-order chi connectivity index (χ1) is 7.66. The second kappa shape index (κ2) is 4.49. The third-order valence-corrected chi connectivity index (χ3v) is 2.61. The van der Waals surface area contributed by atoms with E-state index >= 15 is 0 Å². The Hall–Kier alpha value is -1.62. The van der Waals surface area contributed by atoms with E-state index in [1.807, 2.05) is 26.2 Å². The zero-order chi connectivity index (χ0) is 11.5. The van der Waals surface area contributed by atoms with Crippen LogP contribution in [-0.2, 0) is 13.6 Å². The second-order valence-electron chi connectivity index (χ2n) is 3.47. The van der Waals surface area contributed by atoms with Gasteiger partial charge in [0, 0.05) is 18.8 Å². The van der Waals surface area contributed by atoms with Crippen LogP contribution in [0.1, 0.15) is 11.3 Å². The Morgan fingerprint density at radius 3 is 2.94 bits per heavy atom. The zero-order valence-corrected chi connectivity index (χ0v) is 9.86. The van der Waals surface area contributed by atoms with E-state index in [-0.39, 0.29) is 0 Å². The Bertz CT molecular complexity index is 494. The summed E-state index contributed by atoms with van der Waals surface area (Å²) < 4.78 is 1.76. The van der Waals surface area contributed by atoms with Crippen LogP contribution in [0, 0.1) is 6.92 Å². The summed E-state index contributed by atoms with van der Waals surface area (Å²) in [6.07, 6.45) is 3.34. The fraction of sp³-hybridized carbons (Fsp3) is 0.300. The Kier molecular flexibility index (Phi) is 3.05. The van der Waals surface area contributed by atoms with Crippen molar-refractivity contribution in [3.05, 3.63) is 35.0 Å². The Morgan fingerprint density at radius 2 is 2.25 bits per heavy atom. The van der Waals surface area contributed by atoms with Crippen LogP contribution in [0.15, 0.2) is 18.6 Å². The maximum atomic E-state index is 5.89. The molecule has 0 aliphatic rings. The standard InChI is InChI=1S/C10H12ClN5/c1-7-9(11)13-6-14-10(7)12-5-8-3-4-16(2)15-8/h3-4,6H,5H2,1-2H3,(H,12,13,14). The summed E-state index contributed by atoms with van der Waals surface area (Å²) in [5.41, 5.74) is 1.80. The van der Waals surface area contributed by atoms with Crippen molar-refractivity contribution in [2.24, 2.45) is 7.05 Å². The molecule has 84 valence electrons. The van der Waals surface area contributed by atoms with E-state index < -0.39 is 0 Å². The van der Waals surface area contributed by atoms with E-state index in [2.05, 4.69) is 20.4 Å². The van der Waals surface area contributed by atoms with Crippen molar-refractivity contribution in [1.29, 1.82) is 0 Å². The van der Waals surface area contributed by atoms with E-state index in [9.17, 15) is 0 Å². The fourth-order valence-corrected chi connectivity index (χ4v) is 1.47. The highest BCUT2D eigenvalue weighted by molar-refractivity contribution is 6.30. The van der Waals surface area contributed by atoms with Gasteiger partial charge in [0.25, 0.3) is 0 Å². The van der Waals surface area contributed by atoms with E-state index in [1.54, 1.807) is 4.68 Å². The summed E-state index contributed by atoms with van der Waals surface area (Å²) in [7, 11) is 1.89. The second-order valence-corrected chi connectivity index (χ2v) is 3.83. The first-order valence-electron chi connectivity index (χ1n) is 4.86. The van der Waals surface area contributed by atoms with Crippen LogP contribution in [0.2, 0.25) is 5.15 Å². The average Bonchev–Trinajstić information content (AvgIpc) is 2.67. The minimum atomic E-state index is 0.471. The van der Waals surface area contributed by atoms with Crippen LogP contribution in [-0.4, -0.2) is 19.7 Å². The van der Waals surface area contributed by atoms with Gasteiger partial charge in [0.05, 0.1) is 12.2 Å². The Morgan fingerprint density at radius 1 is 1.44 bits per heavy atom. The Labute approximate surface area is 98.5 Å². The lowest BCUT2D eigenvalue weighted by Gasteiger charge is -2.06. The van der Waals surface area contributed by atoms with Gasteiger partial charge < -0.3 is 5.32 Å². The van der Waals surface area contributed by atoms with Gasteiger partial charge in [-0.05, 0) is 13.0 Å². The molecular formula is C10H12ClN5. The predicted octanol–water partition coefficient (Wildman–Crippen LogP) is 1.78. The number of nitrogens with one attached hydrogen (secondary N) is 1. The third kappa shape index (κ3) is 2.30. The van der Waals surface area contributed by atoms with Gasteiger partial charge in [-0.3, -0.25) is 4.68 Å². The van der Waals surface area contributed by atoms with Gasteiger partial charge in [-0.2, -0.15) is 5.10 Å². The number of hydrogen-bond acceptors (Lipinski definition) is 4. The number of rotatable bonds is 3. The van der Waals surface area contributed by atoms with Crippen LogP contribution < -0.4 is 5.32 Å². The lowest BCUT2D eigenvalue weighted by Crippen LogP contribution is -2.05. The van der Waals surface area contributed by atoms with E-state index in [0.717, 1.165) is 17.1 Å². The molecule has 0 atom stereocenters. The number of halogens is 1. The summed E-state index contributed by atoms with van der Waals surface area (Å²) >= 11 is 5.89. The van der Waals surface area contributed by atoms with Gasteiger partial charge in [0.15, 0.2) is 0 Å². The van der Waals surface area contributed by atoms with Gasteiger partial charge in [-0.15, -0.1) is 0 Å². The molecule has 0 aliphatic carbocycles. The molecule has 0 aromatic carbocycles. The van der Waals surface area contributed by atoms with Crippen molar-refractivity contribution in [3.8, 4) is 0 Å². The molecule has 6 heteroatoms. The lowest BCUT2D eigenvalue weighted by molar-refractivity contribution is 0.746. The lowest BCUT2D eigenvalue weighted by atomic mass is 10.3. The SMILES string of the molecule is Cc1c(Cl)ncnc1NCc1ccn(C)n1. The fourth-order valence-electron chi connectivity index (χ4n) is 1.34. The maximum absolute atomic E-state index is 5.89. The number of aromatic nitrogens is 4. The highest BCUT2D eigenvalue weighted by Gasteiger charge is 2.04. The molecule has 0 fully saturated rings. The van der Waals surface area contributed by atoms with Gasteiger partial charge in [0.1, 0.15) is 17.3 Å². The van der Waals surface area contributed by atoms with Gasteiger partial charge in [-0.1, -0.05) is 11.6 Å². The van der Waals surface area contributed by atoms with Crippen LogP contribution in [0.25, 0.3) is 0 Å². The smallest absolute Gasteiger partial charge is 0.137 e. The first kappa shape index (κ1) is 10.9. The van der Waals surface area contributed by atoms with Crippen molar-refractivity contribution in [1.82, 2.24) is 19.7 Å². The molecule has 0 amide bonds. The predicted molar refractivity (Wildman–Crippen MR) is 62.3 cm³/mol. The minimum Gasteiger partial charge on any atom is -0.364 e. The molecule has 5 nitrogen and oxygen atoms in total. The minimum absolute atomic E-state index is 0.471. The summed E-state index contributed by atoms with van der Waals surface area (Å²) in [5, 5.41) is 7.90. The van der Waals surface area contributed by atoms with Crippen LogP contribution >= 0.6 is 11.6 Å². The van der Waals surface area contributed by atoms with Crippen LogP contribution in [0.4, 0.5) is 5.82 Å². The number of hydrogen-bond donors (Lipinski definition) is 1. The van der Waals surface area contributed by atoms with Crippen molar-refractivity contribution >= 4 is 17.4 Å². The number of aryl methyl sites for hydroxylation is 1. The van der Waals surface area contributed by atoms with Crippen LogP contribution in [0.5, 0.6) is 0 Å². The van der Waals surface area contributed by atoms with Gasteiger partial charge in [-0.25, -0.2) is 9.97 Å². The first-order valence-corrected chi connectivity index (χ1v) is 5.24.